The van der Waals surface area contributed by atoms with Gasteiger partial charge in [-0.15, -0.1) is 0 Å². The van der Waals surface area contributed by atoms with Gasteiger partial charge in [0.2, 0.25) is 0 Å². The van der Waals surface area contributed by atoms with E-state index in [2.05, 4.69) is 19.1 Å². The Morgan fingerprint density at radius 1 is 0.875 bits per heavy atom. The van der Waals surface area contributed by atoms with Crippen molar-refractivity contribution in [3.63, 3.8) is 0 Å². The topological polar surface area (TPSA) is 0 Å². The molecular formula is C15H20Hf. The summed E-state index contributed by atoms with van der Waals surface area (Å²) in [6.45, 7) is 3.76. The number of hydrogen-bond donors (Lipinski definition) is 0. The van der Waals surface area contributed by atoms with Crippen molar-refractivity contribution in [1.82, 2.24) is 0 Å². The quantitative estimate of drug-likeness (QED) is 0.510. The molecule has 0 bridgehead atoms. The summed E-state index contributed by atoms with van der Waals surface area (Å²) in [4.78, 5) is 0. The summed E-state index contributed by atoms with van der Waals surface area (Å²) in [5.41, 5.74) is 1.30. The molecule has 0 saturated heterocycles. The minimum Gasteiger partial charge on any atom is -0.358 e. The average Bonchev–Trinajstić information content (AvgIpc) is 2.77. The van der Waals surface area contributed by atoms with Gasteiger partial charge in [-0.3, -0.25) is 0 Å². The number of hydrogen-bond acceptors (Lipinski definition) is 0. The predicted octanol–water partition coefficient (Wildman–Crippen LogP) is 4.37. The van der Waals surface area contributed by atoms with Gasteiger partial charge in [-0.05, 0) is 0 Å². The van der Waals surface area contributed by atoms with Gasteiger partial charge in [0.15, 0.2) is 0 Å². The molecule has 0 aliphatic carbocycles. The fourth-order valence-electron chi connectivity index (χ4n) is 0.965. The van der Waals surface area contributed by atoms with Gasteiger partial charge in [0.1, 0.15) is 0 Å². The standard InChI is InChI=1S/C8H9.C5H5.2CH3.Hf/c1-2-8-6-4-3-5-7-8;1-2-4-5-3-1;;;/h3-7H,1-2H2;1-5H;2*1H3;/q4*-1;+4. The Kier molecular flexibility index (Phi) is 18.8. The molecule has 0 aliphatic heterocycles. The van der Waals surface area contributed by atoms with Crippen LogP contribution in [0.2, 0.25) is 0 Å². The van der Waals surface area contributed by atoms with Gasteiger partial charge in [-0.25, -0.2) is 12.1 Å². The molecular weight excluding hydrogens is 359 g/mol. The van der Waals surface area contributed by atoms with Crippen molar-refractivity contribution in [1.29, 1.82) is 0 Å². The first-order valence-electron chi connectivity index (χ1n) is 4.43. The summed E-state index contributed by atoms with van der Waals surface area (Å²) < 4.78 is 0. The zero-order chi connectivity index (χ0) is 9.36. The molecule has 2 aromatic carbocycles. The van der Waals surface area contributed by atoms with Crippen molar-refractivity contribution in [3.05, 3.63) is 88.0 Å². The number of rotatable bonds is 1. The third kappa shape index (κ3) is 9.97. The minimum atomic E-state index is 0. The Hall–Kier alpha value is -0.560. The third-order valence-electron chi connectivity index (χ3n) is 1.69. The van der Waals surface area contributed by atoms with Crippen molar-refractivity contribution in [2.24, 2.45) is 0 Å². The van der Waals surface area contributed by atoms with Crippen LogP contribution in [-0.4, -0.2) is 0 Å². The maximum atomic E-state index is 3.76. The van der Waals surface area contributed by atoms with Crippen LogP contribution in [0.5, 0.6) is 0 Å². The van der Waals surface area contributed by atoms with E-state index in [0.29, 0.717) is 0 Å². The Balaban J connectivity index is -0.000000189. The molecule has 0 amide bonds. The Morgan fingerprint density at radius 3 is 1.62 bits per heavy atom. The molecule has 0 aromatic heterocycles. The second-order valence-corrected chi connectivity index (χ2v) is 2.70. The smallest absolute Gasteiger partial charge is 0.358 e. The summed E-state index contributed by atoms with van der Waals surface area (Å²) in [5, 5.41) is 0. The van der Waals surface area contributed by atoms with E-state index in [4.69, 9.17) is 0 Å². The van der Waals surface area contributed by atoms with Crippen LogP contribution in [0.4, 0.5) is 0 Å². The molecule has 0 fully saturated rings. The average molecular weight is 379 g/mol. The van der Waals surface area contributed by atoms with Gasteiger partial charge in [-0.1, -0.05) is 35.9 Å². The summed E-state index contributed by atoms with van der Waals surface area (Å²) in [6, 6.07) is 20.2. The molecule has 2 rings (SSSR count). The molecule has 84 valence electrons. The Labute approximate surface area is 120 Å². The van der Waals surface area contributed by atoms with Crippen LogP contribution < -0.4 is 0 Å². The first-order chi connectivity index (χ1) is 6.43. The van der Waals surface area contributed by atoms with E-state index in [1.807, 2.05) is 48.5 Å². The van der Waals surface area contributed by atoms with E-state index in [1.54, 1.807) is 0 Å². The summed E-state index contributed by atoms with van der Waals surface area (Å²) in [5.74, 6) is 0. The van der Waals surface area contributed by atoms with Crippen LogP contribution in [0.1, 0.15) is 5.56 Å². The minimum absolute atomic E-state index is 0. The monoisotopic (exact) mass is 380 g/mol. The van der Waals surface area contributed by atoms with Crippen LogP contribution in [0.15, 0.2) is 60.7 Å². The fraction of sp³-hybridized carbons (Fsp3) is 0.0667. The molecule has 0 N–H and O–H groups in total. The van der Waals surface area contributed by atoms with Crippen molar-refractivity contribution in [2.45, 2.75) is 6.42 Å². The molecule has 16 heavy (non-hydrogen) atoms. The van der Waals surface area contributed by atoms with Crippen LogP contribution >= 0.6 is 0 Å². The summed E-state index contributed by atoms with van der Waals surface area (Å²) in [6.07, 6.45) is 0.890. The molecule has 0 atom stereocenters. The van der Waals surface area contributed by atoms with Crippen LogP contribution in [0.3, 0.4) is 0 Å². The SMILES string of the molecule is [CH2-]Cc1ccccc1.[CH3-].[CH3-].[Hf+4].c1cc[cH-]c1. The summed E-state index contributed by atoms with van der Waals surface area (Å²) >= 11 is 0. The van der Waals surface area contributed by atoms with Gasteiger partial charge < -0.3 is 21.8 Å². The van der Waals surface area contributed by atoms with Crippen molar-refractivity contribution in [3.8, 4) is 0 Å². The van der Waals surface area contributed by atoms with Crippen LogP contribution in [0.25, 0.3) is 0 Å². The molecule has 0 unspecified atom stereocenters. The van der Waals surface area contributed by atoms with Crippen LogP contribution in [0, 0.1) is 21.8 Å². The maximum absolute atomic E-state index is 3.76. The Morgan fingerprint density at radius 2 is 1.38 bits per heavy atom. The van der Waals surface area contributed by atoms with Crippen molar-refractivity contribution < 1.29 is 25.8 Å². The predicted molar refractivity (Wildman–Crippen MR) is 70.4 cm³/mol. The zero-order valence-corrected chi connectivity index (χ0v) is 13.8. The first-order valence-corrected chi connectivity index (χ1v) is 4.43. The molecule has 0 spiro atoms. The second kappa shape index (κ2) is 14.4. The molecule has 0 saturated carbocycles. The molecule has 1 heteroatoms. The van der Waals surface area contributed by atoms with Gasteiger partial charge >= 0.3 is 25.8 Å². The van der Waals surface area contributed by atoms with E-state index in [1.165, 1.54) is 5.56 Å². The van der Waals surface area contributed by atoms with Gasteiger partial charge in [-0.2, -0.15) is 24.6 Å². The molecule has 0 radical (unpaired) electrons. The largest absolute Gasteiger partial charge is 4.00 e. The summed E-state index contributed by atoms with van der Waals surface area (Å²) in [7, 11) is 0. The van der Waals surface area contributed by atoms with Gasteiger partial charge in [0, 0.05) is 0 Å². The van der Waals surface area contributed by atoms with E-state index in [9.17, 15) is 0 Å². The molecule has 0 heterocycles. The van der Waals surface area contributed by atoms with Gasteiger partial charge in [0.05, 0.1) is 0 Å². The van der Waals surface area contributed by atoms with E-state index >= 15 is 0 Å². The normalized spacial score (nSPS) is 7.06. The number of benzene rings is 1. The first kappa shape index (κ1) is 20.8. The molecule has 0 nitrogen and oxygen atoms in total. The molecule has 0 aliphatic rings. The molecule has 2 aromatic rings. The van der Waals surface area contributed by atoms with Crippen molar-refractivity contribution in [2.75, 3.05) is 0 Å². The fourth-order valence-corrected chi connectivity index (χ4v) is 0.965. The van der Waals surface area contributed by atoms with E-state index in [-0.39, 0.29) is 40.7 Å². The third-order valence-corrected chi connectivity index (χ3v) is 1.69. The second-order valence-electron chi connectivity index (χ2n) is 2.70. The van der Waals surface area contributed by atoms with Crippen LogP contribution in [-0.2, 0) is 32.3 Å². The maximum Gasteiger partial charge on any atom is 4.00 e. The van der Waals surface area contributed by atoms with E-state index in [0.717, 1.165) is 6.42 Å². The van der Waals surface area contributed by atoms with Gasteiger partial charge in [0.25, 0.3) is 0 Å². The van der Waals surface area contributed by atoms with E-state index < -0.39 is 0 Å². The zero-order valence-electron chi connectivity index (χ0n) is 10.2. The van der Waals surface area contributed by atoms with Crippen molar-refractivity contribution >= 4 is 0 Å². The Bertz CT molecular complexity index is 267.